The molecule has 0 aliphatic rings. The van der Waals surface area contributed by atoms with E-state index in [0.717, 1.165) is 0 Å². The van der Waals surface area contributed by atoms with Crippen LogP contribution in [0.4, 0.5) is 0 Å². The summed E-state index contributed by atoms with van der Waals surface area (Å²) in [5.41, 5.74) is 5.06. The highest BCUT2D eigenvalue weighted by atomic mass is 16.1. The number of aromatic nitrogens is 3. The number of aromatic amines is 1. The van der Waals surface area contributed by atoms with Crippen molar-refractivity contribution in [3.63, 3.8) is 0 Å². The highest BCUT2D eigenvalue weighted by Crippen LogP contribution is 1.84. The Kier molecular flexibility index (Phi) is 3.87. The van der Waals surface area contributed by atoms with Crippen molar-refractivity contribution in [2.45, 2.75) is 0 Å². The number of nitrogens with two attached hydrogens (primary N) is 1. The highest BCUT2D eigenvalue weighted by Gasteiger charge is 1.97. The SMILES string of the molecule is NC(=O)c1cnccn1.c1cc[nH]c1. The molecule has 0 fully saturated rings. The van der Waals surface area contributed by atoms with E-state index in [9.17, 15) is 4.79 Å². The van der Waals surface area contributed by atoms with Gasteiger partial charge in [0.05, 0.1) is 6.20 Å². The summed E-state index contributed by atoms with van der Waals surface area (Å²) < 4.78 is 0. The first-order chi connectivity index (χ1) is 6.80. The molecule has 2 heterocycles. The van der Waals surface area contributed by atoms with Crippen LogP contribution in [0.2, 0.25) is 0 Å². The van der Waals surface area contributed by atoms with Gasteiger partial charge in [0.2, 0.25) is 0 Å². The molecule has 0 aliphatic carbocycles. The summed E-state index contributed by atoms with van der Waals surface area (Å²) >= 11 is 0. The van der Waals surface area contributed by atoms with Crippen molar-refractivity contribution in [3.05, 3.63) is 48.8 Å². The lowest BCUT2D eigenvalue weighted by molar-refractivity contribution is 0.0995. The molecule has 14 heavy (non-hydrogen) atoms. The van der Waals surface area contributed by atoms with Gasteiger partial charge < -0.3 is 10.7 Å². The Hall–Kier alpha value is -2.17. The monoisotopic (exact) mass is 190 g/mol. The molecule has 2 aromatic heterocycles. The minimum absolute atomic E-state index is 0.192. The lowest BCUT2D eigenvalue weighted by Crippen LogP contribution is -2.12. The molecule has 0 spiro atoms. The van der Waals surface area contributed by atoms with Crippen LogP contribution < -0.4 is 5.73 Å². The van der Waals surface area contributed by atoms with Gasteiger partial charge in [-0.15, -0.1) is 0 Å². The van der Waals surface area contributed by atoms with E-state index in [0.29, 0.717) is 0 Å². The van der Waals surface area contributed by atoms with E-state index in [-0.39, 0.29) is 5.69 Å². The van der Waals surface area contributed by atoms with Crippen LogP contribution in [0, 0.1) is 0 Å². The predicted molar refractivity (Wildman–Crippen MR) is 51.3 cm³/mol. The Morgan fingerprint density at radius 3 is 2.29 bits per heavy atom. The molecular weight excluding hydrogens is 180 g/mol. The highest BCUT2D eigenvalue weighted by molar-refractivity contribution is 5.90. The number of carbonyl (C=O) groups excluding carboxylic acids is 1. The summed E-state index contributed by atoms with van der Waals surface area (Å²) in [5.74, 6) is -0.553. The van der Waals surface area contributed by atoms with Crippen molar-refractivity contribution in [2.24, 2.45) is 5.73 Å². The quantitative estimate of drug-likeness (QED) is 0.690. The molecule has 0 aliphatic heterocycles. The second-order valence-electron chi connectivity index (χ2n) is 2.34. The lowest BCUT2D eigenvalue weighted by atomic mass is 10.4. The number of amides is 1. The molecule has 0 saturated heterocycles. The van der Waals surface area contributed by atoms with Gasteiger partial charge in [-0.05, 0) is 12.1 Å². The second-order valence-corrected chi connectivity index (χ2v) is 2.34. The van der Waals surface area contributed by atoms with Crippen LogP contribution in [0.1, 0.15) is 10.5 Å². The van der Waals surface area contributed by atoms with Gasteiger partial charge >= 0.3 is 0 Å². The number of carbonyl (C=O) groups is 1. The zero-order valence-electron chi connectivity index (χ0n) is 7.42. The van der Waals surface area contributed by atoms with Crippen LogP contribution in [0.15, 0.2) is 43.1 Å². The zero-order chi connectivity index (χ0) is 10.2. The normalized spacial score (nSPS) is 8.57. The van der Waals surface area contributed by atoms with Crippen LogP contribution >= 0.6 is 0 Å². The minimum atomic E-state index is -0.553. The van der Waals surface area contributed by atoms with E-state index in [1.807, 2.05) is 24.5 Å². The van der Waals surface area contributed by atoms with Gasteiger partial charge in [-0.25, -0.2) is 4.98 Å². The third-order valence-electron chi connectivity index (χ3n) is 1.31. The standard InChI is InChI=1S/C5H5N3O.C4H5N/c6-5(9)4-3-7-1-2-8-4;1-2-4-5-3-1/h1-3H,(H2,6,9);1-5H. The first-order valence-electron chi connectivity index (χ1n) is 3.94. The first-order valence-corrected chi connectivity index (χ1v) is 3.94. The molecule has 2 aromatic rings. The van der Waals surface area contributed by atoms with Gasteiger partial charge in [-0.1, -0.05) is 0 Å². The maximum Gasteiger partial charge on any atom is 0.268 e. The largest absolute Gasteiger partial charge is 0.368 e. The molecule has 5 heteroatoms. The van der Waals surface area contributed by atoms with Gasteiger partial charge in [0, 0.05) is 24.8 Å². The van der Waals surface area contributed by atoms with Crippen LogP contribution in [-0.2, 0) is 0 Å². The molecule has 2 rings (SSSR count). The predicted octanol–water partition coefficient (Wildman–Crippen LogP) is 0.590. The average Bonchev–Trinajstić information content (AvgIpc) is 2.77. The van der Waals surface area contributed by atoms with Crippen LogP contribution in [0.25, 0.3) is 0 Å². The van der Waals surface area contributed by atoms with E-state index in [4.69, 9.17) is 5.73 Å². The first kappa shape index (κ1) is 9.91. The van der Waals surface area contributed by atoms with Gasteiger partial charge in [0.25, 0.3) is 5.91 Å². The van der Waals surface area contributed by atoms with Crippen molar-refractivity contribution in [1.82, 2.24) is 15.0 Å². The second kappa shape index (κ2) is 5.47. The summed E-state index contributed by atoms with van der Waals surface area (Å²) in [6.07, 6.45) is 7.97. The number of hydrogen-bond donors (Lipinski definition) is 2. The Labute approximate surface area is 81.0 Å². The Morgan fingerprint density at radius 2 is 2.00 bits per heavy atom. The van der Waals surface area contributed by atoms with Gasteiger partial charge in [0.1, 0.15) is 5.69 Å². The third kappa shape index (κ3) is 3.48. The number of nitrogens with zero attached hydrogens (tertiary/aromatic N) is 2. The van der Waals surface area contributed by atoms with E-state index in [2.05, 4.69) is 15.0 Å². The maximum atomic E-state index is 10.3. The fraction of sp³-hybridized carbons (Fsp3) is 0. The molecule has 0 aromatic carbocycles. The van der Waals surface area contributed by atoms with Gasteiger partial charge in [0.15, 0.2) is 0 Å². The molecule has 1 amide bonds. The summed E-state index contributed by atoms with van der Waals surface area (Å²) in [4.78, 5) is 20.5. The van der Waals surface area contributed by atoms with E-state index >= 15 is 0 Å². The molecule has 0 unspecified atom stereocenters. The van der Waals surface area contributed by atoms with Crippen molar-refractivity contribution < 1.29 is 4.79 Å². The van der Waals surface area contributed by atoms with E-state index in [1.165, 1.54) is 18.6 Å². The van der Waals surface area contributed by atoms with Crippen LogP contribution in [-0.4, -0.2) is 20.9 Å². The fourth-order valence-corrected chi connectivity index (χ4v) is 0.704. The summed E-state index contributed by atoms with van der Waals surface area (Å²) in [6, 6.07) is 3.89. The topological polar surface area (TPSA) is 84.7 Å². The molecule has 0 bridgehead atoms. The van der Waals surface area contributed by atoms with Gasteiger partial charge in [-0.2, -0.15) is 0 Å². The molecule has 0 saturated carbocycles. The zero-order valence-corrected chi connectivity index (χ0v) is 7.42. The molecule has 0 atom stereocenters. The summed E-state index contributed by atoms with van der Waals surface area (Å²) in [6.45, 7) is 0. The smallest absolute Gasteiger partial charge is 0.268 e. The van der Waals surface area contributed by atoms with Crippen molar-refractivity contribution in [2.75, 3.05) is 0 Å². The van der Waals surface area contributed by atoms with E-state index in [1.54, 1.807) is 0 Å². The molecular formula is C9H10N4O. The Morgan fingerprint density at radius 1 is 1.29 bits per heavy atom. The third-order valence-corrected chi connectivity index (χ3v) is 1.31. The maximum absolute atomic E-state index is 10.3. The molecule has 3 N–H and O–H groups in total. The van der Waals surface area contributed by atoms with Gasteiger partial charge in [-0.3, -0.25) is 9.78 Å². The number of nitrogens with one attached hydrogen (secondary N) is 1. The summed E-state index contributed by atoms with van der Waals surface area (Å²) in [7, 11) is 0. The lowest BCUT2D eigenvalue weighted by Gasteiger charge is -1.87. The van der Waals surface area contributed by atoms with E-state index < -0.39 is 5.91 Å². The molecule has 5 nitrogen and oxygen atoms in total. The number of H-pyrrole nitrogens is 1. The fourth-order valence-electron chi connectivity index (χ4n) is 0.704. The Balaban J connectivity index is 0.000000165. The summed E-state index contributed by atoms with van der Waals surface area (Å²) in [5, 5.41) is 0. The van der Waals surface area contributed by atoms with Crippen molar-refractivity contribution >= 4 is 5.91 Å². The average molecular weight is 190 g/mol. The molecule has 0 radical (unpaired) electrons. The Bertz CT molecular complexity index is 340. The molecule has 72 valence electrons. The van der Waals surface area contributed by atoms with Crippen LogP contribution in [0.3, 0.4) is 0 Å². The number of hydrogen-bond acceptors (Lipinski definition) is 3. The van der Waals surface area contributed by atoms with Crippen molar-refractivity contribution in [1.29, 1.82) is 0 Å². The minimum Gasteiger partial charge on any atom is -0.368 e. The van der Waals surface area contributed by atoms with Crippen LogP contribution in [0.5, 0.6) is 0 Å². The number of primary amides is 1. The van der Waals surface area contributed by atoms with Crippen molar-refractivity contribution in [3.8, 4) is 0 Å². The number of rotatable bonds is 1.